The number of carboxylic acid groups (broad SMARTS) is 1. The van der Waals surface area contributed by atoms with Gasteiger partial charge in [0, 0.05) is 6.08 Å². The van der Waals surface area contributed by atoms with Crippen LogP contribution >= 0.6 is 0 Å². The van der Waals surface area contributed by atoms with Crippen LogP contribution in [0.3, 0.4) is 0 Å². The molecule has 1 rings (SSSR count). The molecule has 0 saturated carbocycles. The minimum Gasteiger partial charge on any atom is -0.478 e. The van der Waals surface area contributed by atoms with Crippen LogP contribution in [0, 0.1) is 0 Å². The number of rotatable bonds is 10. The monoisotopic (exact) mass is 274 g/mol. The van der Waals surface area contributed by atoms with E-state index in [2.05, 4.69) is 19.1 Å². The molecule has 0 heterocycles. The highest BCUT2D eigenvalue weighted by Crippen LogP contribution is 2.12. The average Bonchev–Trinajstić information content (AvgIpc) is 2.45. The summed E-state index contributed by atoms with van der Waals surface area (Å²) in [5, 5.41) is 8.56. The van der Waals surface area contributed by atoms with Crippen molar-refractivity contribution in [2.75, 3.05) is 0 Å². The Morgan fingerprint density at radius 1 is 1.00 bits per heavy atom. The van der Waals surface area contributed by atoms with E-state index in [1.165, 1.54) is 56.6 Å². The molecule has 2 heteroatoms. The Balaban J connectivity index is 2.20. The van der Waals surface area contributed by atoms with Crippen LogP contribution < -0.4 is 0 Å². The predicted molar refractivity (Wildman–Crippen MR) is 84.8 cm³/mol. The second kappa shape index (κ2) is 10.2. The van der Waals surface area contributed by atoms with E-state index in [1.807, 2.05) is 12.1 Å². The van der Waals surface area contributed by atoms with E-state index in [0.29, 0.717) is 0 Å². The van der Waals surface area contributed by atoms with Crippen LogP contribution in [0.5, 0.6) is 0 Å². The molecule has 0 atom stereocenters. The van der Waals surface area contributed by atoms with Gasteiger partial charge in [0.2, 0.25) is 0 Å². The zero-order valence-electron chi connectivity index (χ0n) is 12.5. The Morgan fingerprint density at radius 2 is 1.60 bits per heavy atom. The summed E-state index contributed by atoms with van der Waals surface area (Å²) >= 11 is 0. The Labute approximate surface area is 122 Å². The molecular weight excluding hydrogens is 248 g/mol. The zero-order chi connectivity index (χ0) is 14.6. The van der Waals surface area contributed by atoms with Crippen LogP contribution in [0.25, 0.3) is 6.08 Å². The molecule has 0 aliphatic carbocycles. The molecule has 0 unspecified atom stereocenters. The standard InChI is InChI=1S/C18H26O2/c1-2-3-4-5-6-7-8-9-16-10-12-17(13-11-16)14-15-18(19)20/h10-15H,2-9H2,1H3,(H,19,20). The summed E-state index contributed by atoms with van der Waals surface area (Å²) < 4.78 is 0. The molecule has 0 aliphatic heterocycles. The molecule has 0 fully saturated rings. The van der Waals surface area contributed by atoms with Crippen molar-refractivity contribution in [3.8, 4) is 0 Å². The van der Waals surface area contributed by atoms with E-state index in [4.69, 9.17) is 5.11 Å². The number of benzene rings is 1. The van der Waals surface area contributed by atoms with E-state index in [-0.39, 0.29) is 0 Å². The van der Waals surface area contributed by atoms with Crippen LogP contribution in [0.1, 0.15) is 63.0 Å². The maximum Gasteiger partial charge on any atom is 0.328 e. The second-order valence-corrected chi connectivity index (χ2v) is 5.28. The molecule has 0 radical (unpaired) electrons. The molecule has 1 N–H and O–H groups in total. The lowest BCUT2D eigenvalue weighted by Crippen LogP contribution is -1.88. The van der Waals surface area contributed by atoms with E-state index < -0.39 is 5.97 Å². The van der Waals surface area contributed by atoms with Crippen LogP contribution in [0.4, 0.5) is 0 Å². The van der Waals surface area contributed by atoms with E-state index in [1.54, 1.807) is 6.08 Å². The fourth-order valence-corrected chi connectivity index (χ4v) is 2.25. The lowest BCUT2D eigenvalue weighted by Gasteiger charge is -2.03. The summed E-state index contributed by atoms with van der Waals surface area (Å²) in [5.74, 6) is -0.905. The van der Waals surface area contributed by atoms with Gasteiger partial charge in [0.15, 0.2) is 0 Å². The maximum absolute atomic E-state index is 10.4. The second-order valence-electron chi connectivity index (χ2n) is 5.28. The summed E-state index contributed by atoms with van der Waals surface area (Å²) in [7, 11) is 0. The number of hydrogen-bond donors (Lipinski definition) is 1. The highest BCUT2D eigenvalue weighted by Gasteiger charge is 1.95. The summed E-state index contributed by atoms with van der Waals surface area (Å²) in [6.45, 7) is 2.25. The van der Waals surface area contributed by atoms with Crippen LogP contribution in [0.2, 0.25) is 0 Å². The Morgan fingerprint density at radius 3 is 2.20 bits per heavy atom. The number of carbonyl (C=O) groups is 1. The number of unbranched alkanes of at least 4 members (excludes halogenated alkanes) is 6. The van der Waals surface area contributed by atoms with Crippen molar-refractivity contribution in [1.29, 1.82) is 0 Å². The summed E-state index contributed by atoms with van der Waals surface area (Å²) in [4.78, 5) is 10.4. The lowest BCUT2D eigenvalue weighted by atomic mass is 10.0. The van der Waals surface area contributed by atoms with E-state index in [9.17, 15) is 4.79 Å². The number of aliphatic carboxylic acids is 1. The molecule has 2 nitrogen and oxygen atoms in total. The molecule has 0 spiro atoms. The molecule has 20 heavy (non-hydrogen) atoms. The first-order valence-corrected chi connectivity index (χ1v) is 7.72. The zero-order valence-corrected chi connectivity index (χ0v) is 12.5. The molecular formula is C18H26O2. The largest absolute Gasteiger partial charge is 0.478 e. The highest BCUT2D eigenvalue weighted by atomic mass is 16.4. The number of hydrogen-bond acceptors (Lipinski definition) is 1. The van der Waals surface area contributed by atoms with Gasteiger partial charge < -0.3 is 5.11 Å². The predicted octanol–water partition coefficient (Wildman–Crippen LogP) is 5.08. The van der Waals surface area contributed by atoms with Crippen molar-refractivity contribution >= 4 is 12.0 Å². The van der Waals surface area contributed by atoms with Crippen molar-refractivity contribution in [2.45, 2.75) is 58.3 Å². The molecule has 1 aromatic carbocycles. The molecule has 0 amide bonds. The first-order valence-electron chi connectivity index (χ1n) is 7.72. The van der Waals surface area contributed by atoms with Gasteiger partial charge in [-0.15, -0.1) is 0 Å². The van der Waals surface area contributed by atoms with Gasteiger partial charge in [-0.2, -0.15) is 0 Å². The van der Waals surface area contributed by atoms with E-state index >= 15 is 0 Å². The smallest absolute Gasteiger partial charge is 0.328 e. The third-order valence-corrected chi connectivity index (χ3v) is 3.47. The van der Waals surface area contributed by atoms with Gasteiger partial charge in [-0.25, -0.2) is 4.79 Å². The maximum atomic E-state index is 10.4. The van der Waals surface area contributed by atoms with Crippen molar-refractivity contribution < 1.29 is 9.90 Å². The van der Waals surface area contributed by atoms with Crippen LogP contribution in [-0.4, -0.2) is 11.1 Å². The molecule has 1 aromatic rings. The topological polar surface area (TPSA) is 37.3 Å². The lowest BCUT2D eigenvalue weighted by molar-refractivity contribution is -0.131. The minimum atomic E-state index is -0.905. The molecule has 0 bridgehead atoms. The van der Waals surface area contributed by atoms with Gasteiger partial charge in [-0.1, -0.05) is 69.7 Å². The molecule has 0 saturated heterocycles. The van der Waals surface area contributed by atoms with Gasteiger partial charge in [-0.05, 0) is 30.0 Å². The van der Waals surface area contributed by atoms with Crippen molar-refractivity contribution in [3.05, 3.63) is 41.5 Å². The van der Waals surface area contributed by atoms with Crippen LogP contribution in [0.15, 0.2) is 30.3 Å². The Hall–Kier alpha value is -1.57. The molecule has 0 aliphatic rings. The number of aryl methyl sites for hydroxylation is 1. The normalized spacial score (nSPS) is 11.1. The first-order chi connectivity index (χ1) is 9.72. The summed E-state index contributed by atoms with van der Waals surface area (Å²) in [5.41, 5.74) is 2.28. The van der Waals surface area contributed by atoms with Crippen LogP contribution in [-0.2, 0) is 11.2 Å². The third-order valence-electron chi connectivity index (χ3n) is 3.47. The highest BCUT2D eigenvalue weighted by molar-refractivity contribution is 5.85. The van der Waals surface area contributed by atoms with Gasteiger partial charge in [0.05, 0.1) is 0 Å². The fourth-order valence-electron chi connectivity index (χ4n) is 2.25. The van der Waals surface area contributed by atoms with Crippen molar-refractivity contribution in [2.24, 2.45) is 0 Å². The summed E-state index contributed by atoms with van der Waals surface area (Å²) in [6.07, 6.45) is 13.2. The fraction of sp³-hybridized carbons (Fsp3) is 0.500. The SMILES string of the molecule is CCCCCCCCCc1ccc(C=CC(=O)O)cc1. The van der Waals surface area contributed by atoms with Crippen molar-refractivity contribution in [3.63, 3.8) is 0 Å². The minimum absolute atomic E-state index is 0.905. The van der Waals surface area contributed by atoms with E-state index in [0.717, 1.165) is 12.0 Å². The number of carboxylic acids is 1. The molecule has 110 valence electrons. The average molecular weight is 274 g/mol. The first kappa shape index (κ1) is 16.5. The van der Waals surface area contributed by atoms with Crippen molar-refractivity contribution in [1.82, 2.24) is 0 Å². The Bertz CT molecular complexity index is 404. The summed E-state index contributed by atoms with van der Waals surface area (Å²) in [6, 6.07) is 8.16. The van der Waals surface area contributed by atoms with Gasteiger partial charge >= 0.3 is 5.97 Å². The van der Waals surface area contributed by atoms with Gasteiger partial charge in [-0.3, -0.25) is 0 Å². The molecule has 0 aromatic heterocycles. The Kier molecular flexibility index (Phi) is 8.44. The quantitative estimate of drug-likeness (QED) is 0.477. The third kappa shape index (κ3) is 7.78. The van der Waals surface area contributed by atoms with Gasteiger partial charge in [0.1, 0.15) is 0 Å². The van der Waals surface area contributed by atoms with Gasteiger partial charge in [0.25, 0.3) is 0 Å².